The Morgan fingerprint density at radius 2 is 2.00 bits per heavy atom. The number of hydrogen-bond acceptors (Lipinski definition) is 3. The molecule has 2 unspecified atom stereocenters. The van der Waals surface area contributed by atoms with E-state index in [1.165, 1.54) is 25.7 Å². The van der Waals surface area contributed by atoms with Crippen molar-refractivity contribution in [1.82, 2.24) is 4.90 Å². The van der Waals surface area contributed by atoms with Gasteiger partial charge in [0.25, 0.3) is 0 Å². The second-order valence-corrected chi connectivity index (χ2v) is 5.69. The first kappa shape index (κ1) is 14.4. The minimum absolute atomic E-state index is 0.404. The molecule has 1 heterocycles. The highest BCUT2D eigenvalue weighted by Crippen LogP contribution is 2.22. The molecule has 1 aromatic carbocycles. The van der Waals surface area contributed by atoms with E-state index in [2.05, 4.69) is 11.8 Å². The van der Waals surface area contributed by atoms with Crippen molar-refractivity contribution in [2.24, 2.45) is 5.92 Å². The predicted molar refractivity (Wildman–Crippen MR) is 79.9 cm³/mol. The van der Waals surface area contributed by atoms with E-state index in [9.17, 15) is 5.11 Å². The summed E-state index contributed by atoms with van der Waals surface area (Å²) in [6.07, 6.45) is 4.75. The fourth-order valence-corrected chi connectivity index (χ4v) is 2.88. The quantitative estimate of drug-likeness (QED) is 0.820. The third-order valence-corrected chi connectivity index (χ3v) is 4.27. The summed E-state index contributed by atoms with van der Waals surface area (Å²) in [5.41, 5.74) is 7.38. The number of hydrogen-bond donors (Lipinski definition) is 2. The van der Waals surface area contributed by atoms with Crippen LogP contribution in [0.5, 0.6) is 0 Å². The van der Waals surface area contributed by atoms with E-state index in [4.69, 9.17) is 5.73 Å². The molecule has 0 bridgehead atoms. The summed E-state index contributed by atoms with van der Waals surface area (Å²) in [6, 6.07) is 7.56. The fourth-order valence-electron chi connectivity index (χ4n) is 2.88. The fraction of sp³-hybridized carbons (Fsp3) is 0.625. The van der Waals surface area contributed by atoms with Gasteiger partial charge in [0.15, 0.2) is 0 Å². The SMILES string of the molecule is CCC1CCCN(CC(O)c2ccc(N)cc2)CC1. The van der Waals surface area contributed by atoms with E-state index >= 15 is 0 Å². The number of aliphatic hydroxyl groups excluding tert-OH is 1. The number of aliphatic hydroxyl groups is 1. The maximum atomic E-state index is 10.3. The zero-order valence-electron chi connectivity index (χ0n) is 11.9. The Hall–Kier alpha value is -1.06. The third kappa shape index (κ3) is 4.22. The molecular formula is C16H26N2O. The number of rotatable bonds is 4. The number of likely N-dealkylation sites (tertiary alicyclic amines) is 1. The third-order valence-electron chi connectivity index (χ3n) is 4.27. The maximum Gasteiger partial charge on any atom is 0.0916 e. The number of β-amino-alcohol motifs (C(OH)–C–C–N with tert-alkyl or cyclic N) is 1. The van der Waals surface area contributed by atoms with Crippen molar-refractivity contribution in [3.05, 3.63) is 29.8 Å². The van der Waals surface area contributed by atoms with E-state index in [1.807, 2.05) is 24.3 Å². The summed E-state index contributed by atoms with van der Waals surface area (Å²) in [7, 11) is 0. The maximum absolute atomic E-state index is 10.3. The molecule has 0 aliphatic carbocycles. The van der Waals surface area contributed by atoms with Crippen molar-refractivity contribution in [2.45, 2.75) is 38.7 Å². The molecule has 3 N–H and O–H groups in total. The summed E-state index contributed by atoms with van der Waals surface area (Å²) in [5, 5.41) is 10.3. The van der Waals surface area contributed by atoms with Gasteiger partial charge in [-0.2, -0.15) is 0 Å². The minimum atomic E-state index is -0.404. The molecular weight excluding hydrogens is 236 g/mol. The molecule has 0 spiro atoms. The van der Waals surface area contributed by atoms with E-state index in [0.29, 0.717) is 0 Å². The number of nitrogens with two attached hydrogens (primary N) is 1. The molecule has 2 rings (SSSR count). The first-order valence-corrected chi connectivity index (χ1v) is 7.45. The molecule has 0 amide bonds. The highest BCUT2D eigenvalue weighted by molar-refractivity contribution is 5.39. The number of nitrogen functional groups attached to an aromatic ring is 1. The zero-order chi connectivity index (χ0) is 13.7. The van der Waals surface area contributed by atoms with Gasteiger partial charge in [0.1, 0.15) is 0 Å². The van der Waals surface area contributed by atoms with Gasteiger partial charge in [-0.3, -0.25) is 0 Å². The molecule has 2 atom stereocenters. The first-order valence-electron chi connectivity index (χ1n) is 7.45. The second-order valence-electron chi connectivity index (χ2n) is 5.69. The van der Waals surface area contributed by atoms with Crippen molar-refractivity contribution in [1.29, 1.82) is 0 Å². The van der Waals surface area contributed by atoms with E-state index < -0.39 is 6.10 Å². The second kappa shape index (κ2) is 6.92. The van der Waals surface area contributed by atoms with Gasteiger partial charge in [0.05, 0.1) is 6.10 Å². The Morgan fingerprint density at radius 3 is 2.68 bits per heavy atom. The highest BCUT2D eigenvalue weighted by Gasteiger charge is 2.18. The molecule has 1 aliphatic heterocycles. The van der Waals surface area contributed by atoms with Crippen molar-refractivity contribution in [2.75, 3.05) is 25.4 Å². The van der Waals surface area contributed by atoms with Gasteiger partial charge in [-0.1, -0.05) is 25.5 Å². The molecule has 19 heavy (non-hydrogen) atoms. The molecule has 0 radical (unpaired) electrons. The van der Waals surface area contributed by atoms with Gasteiger partial charge in [-0.15, -0.1) is 0 Å². The summed E-state index contributed by atoms with van der Waals surface area (Å²) in [6.45, 7) is 5.25. The molecule has 0 saturated carbocycles. The lowest BCUT2D eigenvalue weighted by Crippen LogP contribution is -2.29. The van der Waals surface area contributed by atoms with Crippen molar-refractivity contribution >= 4 is 5.69 Å². The summed E-state index contributed by atoms with van der Waals surface area (Å²) in [4.78, 5) is 2.40. The Kier molecular flexibility index (Phi) is 5.23. The van der Waals surface area contributed by atoms with Crippen molar-refractivity contribution in [3.63, 3.8) is 0 Å². The Bertz CT molecular complexity index is 377. The highest BCUT2D eigenvalue weighted by atomic mass is 16.3. The Balaban J connectivity index is 1.88. The molecule has 1 fully saturated rings. The van der Waals surface area contributed by atoms with Gasteiger partial charge in [0, 0.05) is 12.2 Å². The molecule has 1 aromatic rings. The number of nitrogens with zero attached hydrogens (tertiary/aromatic N) is 1. The van der Waals surface area contributed by atoms with Crippen LogP contribution in [-0.4, -0.2) is 29.6 Å². The van der Waals surface area contributed by atoms with Gasteiger partial charge < -0.3 is 15.7 Å². The average Bonchev–Trinajstić information content (AvgIpc) is 2.64. The van der Waals surface area contributed by atoms with E-state index in [-0.39, 0.29) is 0 Å². The van der Waals surface area contributed by atoms with E-state index in [1.54, 1.807) is 0 Å². The van der Waals surface area contributed by atoms with Crippen LogP contribution < -0.4 is 5.73 Å². The van der Waals surface area contributed by atoms with Gasteiger partial charge >= 0.3 is 0 Å². The van der Waals surface area contributed by atoms with Crippen LogP contribution in [0.25, 0.3) is 0 Å². The van der Waals surface area contributed by atoms with Crippen LogP contribution >= 0.6 is 0 Å². The lowest BCUT2D eigenvalue weighted by atomic mass is 9.98. The average molecular weight is 262 g/mol. The standard InChI is InChI=1S/C16H26N2O/c1-2-13-4-3-10-18(11-9-13)12-16(19)14-5-7-15(17)8-6-14/h5-8,13,16,19H,2-4,9-12,17H2,1H3. The monoisotopic (exact) mass is 262 g/mol. The Morgan fingerprint density at radius 1 is 1.26 bits per heavy atom. The molecule has 0 aromatic heterocycles. The molecule has 3 heteroatoms. The number of anilines is 1. The summed E-state index contributed by atoms with van der Waals surface area (Å²) < 4.78 is 0. The van der Waals surface area contributed by atoms with Crippen LogP contribution in [0, 0.1) is 5.92 Å². The van der Waals surface area contributed by atoms with Crippen LogP contribution in [-0.2, 0) is 0 Å². The van der Waals surface area contributed by atoms with Gasteiger partial charge in [0.2, 0.25) is 0 Å². The molecule has 1 aliphatic rings. The summed E-state index contributed by atoms with van der Waals surface area (Å²) in [5.74, 6) is 0.874. The van der Waals surface area contributed by atoms with E-state index in [0.717, 1.165) is 36.8 Å². The molecule has 1 saturated heterocycles. The van der Waals surface area contributed by atoms with Crippen LogP contribution in [0.3, 0.4) is 0 Å². The van der Waals surface area contributed by atoms with Crippen LogP contribution in [0.2, 0.25) is 0 Å². The van der Waals surface area contributed by atoms with Crippen LogP contribution in [0.1, 0.15) is 44.3 Å². The van der Waals surface area contributed by atoms with Gasteiger partial charge in [-0.05, 0) is 56.0 Å². The molecule has 3 nitrogen and oxygen atoms in total. The smallest absolute Gasteiger partial charge is 0.0916 e. The Labute approximate surface area is 116 Å². The molecule has 106 valence electrons. The number of benzene rings is 1. The van der Waals surface area contributed by atoms with Crippen LogP contribution in [0.15, 0.2) is 24.3 Å². The first-order chi connectivity index (χ1) is 9.19. The minimum Gasteiger partial charge on any atom is -0.399 e. The van der Waals surface area contributed by atoms with Crippen molar-refractivity contribution < 1.29 is 5.11 Å². The normalized spacial score (nSPS) is 22.9. The largest absolute Gasteiger partial charge is 0.399 e. The predicted octanol–water partition coefficient (Wildman–Crippen LogP) is 2.81. The zero-order valence-corrected chi connectivity index (χ0v) is 11.9. The van der Waals surface area contributed by atoms with Crippen LogP contribution in [0.4, 0.5) is 5.69 Å². The van der Waals surface area contributed by atoms with Gasteiger partial charge in [-0.25, -0.2) is 0 Å². The lowest BCUT2D eigenvalue weighted by molar-refractivity contribution is 0.114. The lowest BCUT2D eigenvalue weighted by Gasteiger charge is -2.23. The topological polar surface area (TPSA) is 49.5 Å². The van der Waals surface area contributed by atoms with Crippen molar-refractivity contribution in [3.8, 4) is 0 Å². The summed E-state index contributed by atoms with van der Waals surface area (Å²) >= 11 is 0.